The molecule has 1 saturated heterocycles. The largest absolute Gasteiger partial charge is 0.497 e. The summed E-state index contributed by atoms with van der Waals surface area (Å²) in [6.07, 6.45) is 2.41. The van der Waals surface area contributed by atoms with Crippen LogP contribution in [0.3, 0.4) is 0 Å². The lowest BCUT2D eigenvalue weighted by Crippen LogP contribution is -2.31. The van der Waals surface area contributed by atoms with Gasteiger partial charge in [0.1, 0.15) is 5.75 Å². The highest BCUT2D eigenvalue weighted by atomic mass is 16.5. The summed E-state index contributed by atoms with van der Waals surface area (Å²) >= 11 is 0. The standard InChI is InChI=1S/C20H20O3/c1-13-7-17-12-23-19(21)20(17,10-13)11-14-3-4-16-9-18(22-2)6-5-15(16)8-14/h3-6,8-9,17H,1,7,10-12H2,2H3. The number of methoxy groups -OCH3 is 1. The van der Waals surface area contributed by atoms with Crippen LogP contribution in [0.2, 0.25) is 0 Å². The fourth-order valence-electron chi connectivity index (χ4n) is 4.14. The summed E-state index contributed by atoms with van der Waals surface area (Å²) in [5, 5.41) is 2.31. The predicted octanol–water partition coefficient (Wildman–Crippen LogP) is 3.90. The Hall–Kier alpha value is -2.29. The molecule has 2 atom stereocenters. The first kappa shape index (κ1) is 14.3. The Labute approximate surface area is 135 Å². The molecule has 0 amide bonds. The van der Waals surface area contributed by atoms with Gasteiger partial charge in [-0.3, -0.25) is 4.79 Å². The number of hydrogen-bond donors (Lipinski definition) is 0. The number of esters is 1. The minimum Gasteiger partial charge on any atom is -0.497 e. The lowest BCUT2D eigenvalue weighted by atomic mass is 9.75. The Kier molecular flexibility index (Phi) is 3.19. The number of allylic oxidation sites excluding steroid dienone is 1. The second kappa shape index (κ2) is 5.12. The van der Waals surface area contributed by atoms with Gasteiger partial charge in [-0.15, -0.1) is 0 Å². The summed E-state index contributed by atoms with van der Waals surface area (Å²) in [4.78, 5) is 12.4. The summed E-state index contributed by atoms with van der Waals surface area (Å²) in [5.74, 6) is 1.10. The first-order valence-electron chi connectivity index (χ1n) is 8.01. The predicted molar refractivity (Wildman–Crippen MR) is 89.5 cm³/mol. The van der Waals surface area contributed by atoms with Crippen molar-refractivity contribution in [3.63, 3.8) is 0 Å². The molecule has 0 bridgehead atoms. The van der Waals surface area contributed by atoms with Gasteiger partial charge in [-0.05, 0) is 47.7 Å². The van der Waals surface area contributed by atoms with E-state index in [1.165, 1.54) is 16.5 Å². The van der Waals surface area contributed by atoms with Crippen molar-refractivity contribution in [2.45, 2.75) is 19.3 Å². The molecule has 1 aliphatic carbocycles. The van der Waals surface area contributed by atoms with E-state index in [1.807, 2.05) is 12.1 Å². The minimum atomic E-state index is -0.392. The lowest BCUT2D eigenvalue weighted by Gasteiger charge is -2.24. The van der Waals surface area contributed by atoms with Crippen LogP contribution >= 0.6 is 0 Å². The molecule has 23 heavy (non-hydrogen) atoms. The van der Waals surface area contributed by atoms with E-state index < -0.39 is 5.41 Å². The lowest BCUT2D eigenvalue weighted by molar-refractivity contribution is -0.146. The van der Waals surface area contributed by atoms with Crippen molar-refractivity contribution in [1.82, 2.24) is 0 Å². The Bertz CT molecular complexity index is 808. The first-order valence-corrected chi connectivity index (χ1v) is 8.01. The zero-order chi connectivity index (χ0) is 16.0. The van der Waals surface area contributed by atoms with Gasteiger partial charge in [0.25, 0.3) is 0 Å². The summed E-state index contributed by atoms with van der Waals surface area (Å²) in [6.45, 7) is 4.65. The summed E-state index contributed by atoms with van der Waals surface area (Å²) < 4.78 is 10.6. The van der Waals surface area contributed by atoms with Crippen molar-refractivity contribution >= 4 is 16.7 Å². The fraction of sp³-hybridized carbons (Fsp3) is 0.350. The van der Waals surface area contributed by atoms with Gasteiger partial charge in [0.05, 0.1) is 19.1 Å². The highest BCUT2D eigenvalue weighted by Gasteiger charge is 2.55. The molecule has 2 unspecified atom stereocenters. The highest BCUT2D eigenvalue weighted by molar-refractivity contribution is 5.85. The van der Waals surface area contributed by atoms with Crippen LogP contribution in [0.25, 0.3) is 10.8 Å². The maximum atomic E-state index is 12.4. The molecule has 3 heteroatoms. The summed E-state index contributed by atoms with van der Waals surface area (Å²) in [5.41, 5.74) is 1.97. The third-order valence-corrected chi connectivity index (χ3v) is 5.34. The maximum absolute atomic E-state index is 12.4. The van der Waals surface area contributed by atoms with E-state index in [4.69, 9.17) is 9.47 Å². The van der Waals surface area contributed by atoms with Gasteiger partial charge in [0, 0.05) is 5.92 Å². The molecule has 0 N–H and O–H groups in total. The monoisotopic (exact) mass is 308 g/mol. The molecule has 3 nitrogen and oxygen atoms in total. The third-order valence-electron chi connectivity index (χ3n) is 5.34. The maximum Gasteiger partial charge on any atom is 0.313 e. The van der Waals surface area contributed by atoms with Gasteiger partial charge in [-0.1, -0.05) is 36.4 Å². The fourth-order valence-corrected chi connectivity index (χ4v) is 4.14. The minimum absolute atomic E-state index is 0.0454. The molecule has 1 heterocycles. The molecule has 2 aliphatic rings. The molecule has 0 aromatic heterocycles. The van der Waals surface area contributed by atoms with Crippen LogP contribution in [-0.2, 0) is 16.0 Å². The number of rotatable bonds is 3. The zero-order valence-corrected chi connectivity index (χ0v) is 13.3. The molecular weight excluding hydrogens is 288 g/mol. The average Bonchev–Trinajstić information content (AvgIpc) is 3.02. The van der Waals surface area contributed by atoms with Gasteiger partial charge < -0.3 is 9.47 Å². The topological polar surface area (TPSA) is 35.5 Å². The summed E-state index contributed by atoms with van der Waals surface area (Å²) in [7, 11) is 1.67. The quantitative estimate of drug-likeness (QED) is 0.637. The summed E-state index contributed by atoms with van der Waals surface area (Å²) in [6, 6.07) is 12.4. The second-order valence-corrected chi connectivity index (χ2v) is 6.81. The van der Waals surface area contributed by atoms with Crippen molar-refractivity contribution in [3.05, 3.63) is 54.1 Å². The Balaban J connectivity index is 1.69. The van der Waals surface area contributed by atoms with E-state index in [9.17, 15) is 4.79 Å². The van der Waals surface area contributed by atoms with Crippen LogP contribution in [-0.4, -0.2) is 19.7 Å². The highest BCUT2D eigenvalue weighted by Crippen LogP contribution is 2.52. The second-order valence-electron chi connectivity index (χ2n) is 6.81. The van der Waals surface area contributed by atoms with E-state index >= 15 is 0 Å². The van der Waals surface area contributed by atoms with Crippen LogP contribution in [0.15, 0.2) is 48.6 Å². The Morgan fingerprint density at radius 3 is 2.87 bits per heavy atom. The molecule has 0 radical (unpaired) electrons. The number of carbonyl (C=O) groups is 1. The molecule has 2 aromatic rings. The van der Waals surface area contributed by atoms with Crippen LogP contribution in [0.4, 0.5) is 0 Å². The molecule has 1 saturated carbocycles. The van der Waals surface area contributed by atoms with E-state index in [0.717, 1.165) is 30.4 Å². The van der Waals surface area contributed by atoms with Gasteiger partial charge in [-0.25, -0.2) is 0 Å². The number of cyclic esters (lactones) is 1. The molecular formula is C20H20O3. The number of ether oxygens (including phenoxy) is 2. The Morgan fingerprint density at radius 2 is 2.04 bits per heavy atom. The van der Waals surface area contributed by atoms with E-state index in [0.29, 0.717) is 6.61 Å². The Morgan fingerprint density at radius 1 is 1.26 bits per heavy atom. The van der Waals surface area contributed by atoms with Gasteiger partial charge in [0.2, 0.25) is 0 Å². The normalized spacial score (nSPS) is 26.4. The van der Waals surface area contributed by atoms with E-state index in [2.05, 4.69) is 30.8 Å². The van der Waals surface area contributed by atoms with Crippen LogP contribution < -0.4 is 4.74 Å². The smallest absolute Gasteiger partial charge is 0.313 e. The van der Waals surface area contributed by atoms with Crippen molar-refractivity contribution < 1.29 is 14.3 Å². The van der Waals surface area contributed by atoms with Crippen molar-refractivity contribution in [2.24, 2.45) is 11.3 Å². The van der Waals surface area contributed by atoms with Crippen molar-refractivity contribution in [1.29, 1.82) is 0 Å². The van der Waals surface area contributed by atoms with Gasteiger partial charge in [0.15, 0.2) is 0 Å². The van der Waals surface area contributed by atoms with Gasteiger partial charge in [-0.2, -0.15) is 0 Å². The third kappa shape index (κ3) is 2.23. The number of fused-ring (bicyclic) bond motifs is 2. The van der Waals surface area contributed by atoms with E-state index in [1.54, 1.807) is 7.11 Å². The van der Waals surface area contributed by atoms with Crippen LogP contribution in [0.5, 0.6) is 5.75 Å². The molecule has 4 rings (SSSR count). The zero-order valence-electron chi connectivity index (χ0n) is 13.3. The molecule has 0 spiro atoms. The van der Waals surface area contributed by atoms with Gasteiger partial charge >= 0.3 is 5.97 Å². The van der Waals surface area contributed by atoms with Crippen LogP contribution in [0, 0.1) is 11.3 Å². The first-order chi connectivity index (χ1) is 11.1. The molecule has 2 aromatic carbocycles. The SMILES string of the molecule is C=C1CC2COC(=O)C2(Cc2ccc3cc(OC)ccc3c2)C1. The van der Waals surface area contributed by atoms with E-state index in [-0.39, 0.29) is 11.9 Å². The average molecular weight is 308 g/mol. The van der Waals surface area contributed by atoms with Crippen molar-refractivity contribution in [3.8, 4) is 5.75 Å². The number of carbonyl (C=O) groups excluding carboxylic acids is 1. The van der Waals surface area contributed by atoms with Crippen molar-refractivity contribution in [2.75, 3.05) is 13.7 Å². The van der Waals surface area contributed by atoms with Crippen LogP contribution in [0.1, 0.15) is 18.4 Å². The number of hydrogen-bond acceptors (Lipinski definition) is 3. The number of benzene rings is 2. The molecule has 1 aliphatic heterocycles. The molecule has 2 fully saturated rings. The molecule has 118 valence electrons.